The second-order valence-electron chi connectivity index (χ2n) is 4.49. The van der Waals surface area contributed by atoms with Crippen molar-refractivity contribution < 1.29 is 14.7 Å². The average molecular weight is 250 g/mol. The van der Waals surface area contributed by atoms with Gasteiger partial charge in [0.1, 0.15) is 11.9 Å². The Kier molecular flexibility index (Phi) is 3.14. The maximum atomic E-state index is 11.7. The van der Waals surface area contributed by atoms with Crippen LogP contribution in [0.25, 0.3) is 0 Å². The molecule has 1 aliphatic rings. The molecule has 1 aromatic heterocycles. The lowest BCUT2D eigenvalue weighted by Gasteiger charge is -2.26. The highest BCUT2D eigenvalue weighted by Crippen LogP contribution is 2.39. The van der Waals surface area contributed by atoms with E-state index in [0.29, 0.717) is 5.69 Å². The number of aromatic nitrogens is 2. The minimum atomic E-state index is -1.22. The molecule has 0 bridgehead atoms. The number of nitrogens with one attached hydrogen (secondary N) is 2. The number of amides is 2. The molecular weight excluding hydrogens is 236 g/mol. The van der Waals surface area contributed by atoms with Crippen molar-refractivity contribution in [2.75, 3.05) is 5.32 Å². The normalized spacial score (nSPS) is 17.6. The van der Waals surface area contributed by atoms with E-state index in [1.807, 2.05) is 0 Å². The fraction of sp³-hybridized carbons (Fsp3) is 0.455. The van der Waals surface area contributed by atoms with Crippen molar-refractivity contribution in [3.8, 4) is 0 Å². The molecule has 1 fully saturated rings. The Hall–Kier alpha value is -2.18. The van der Waals surface area contributed by atoms with Gasteiger partial charge < -0.3 is 15.7 Å². The molecule has 0 aromatic carbocycles. The van der Waals surface area contributed by atoms with Crippen LogP contribution in [-0.2, 0) is 4.79 Å². The van der Waals surface area contributed by atoms with Gasteiger partial charge in [0.2, 0.25) is 0 Å². The molecule has 1 aliphatic carbocycles. The summed E-state index contributed by atoms with van der Waals surface area (Å²) in [4.78, 5) is 30.4. The van der Waals surface area contributed by atoms with Gasteiger partial charge >= 0.3 is 12.0 Å². The Morgan fingerprint density at radius 3 is 2.50 bits per heavy atom. The van der Waals surface area contributed by atoms with Crippen LogP contribution in [-0.4, -0.2) is 32.6 Å². The molecule has 3 N–H and O–H groups in total. The Bertz CT molecular complexity index is 461. The van der Waals surface area contributed by atoms with Crippen molar-refractivity contribution in [3.63, 3.8) is 0 Å². The largest absolute Gasteiger partial charge is 0.480 e. The van der Waals surface area contributed by atoms with Crippen molar-refractivity contribution in [2.45, 2.75) is 25.3 Å². The van der Waals surface area contributed by atoms with Gasteiger partial charge in [-0.1, -0.05) is 0 Å². The minimum absolute atomic E-state index is 0.00669. The van der Waals surface area contributed by atoms with Crippen LogP contribution in [0.3, 0.4) is 0 Å². The van der Waals surface area contributed by atoms with Crippen molar-refractivity contribution in [1.82, 2.24) is 15.3 Å². The summed E-state index contributed by atoms with van der Waals surface area (Å²) in [5, 5.41) is 14.2. The zero-order valence-electron chi connectivity index (χ0n) is 9.88. The first-order valence-corrected chi connectivity index (χ1v) is 5.60. The molecular formula is C11H14N4O3. The third-order valence-electron chi connectivity index (χ3n) is 3.03. The highest BCUT2D eigenvalue weighted by atomic mass is 16.4. The third-order valence-corrected chi connectivity index (χ3v) is 3.03. The van der Waals surface area contributed by atoms with Gasteiger partial charge in [-0.25, -0.2) is 19.6 Å². The SMILES string of the molecule is CC(NC(=O)Nc1cncnc1)(C(=O)O)C1CC1. The predicted molar refractivity (Wildman–Crippen MR) is 63.0 cm³/mol. The number of carboxylic acids is 1. The van der Waals surface area contributed by atoms with Crippen molar-refractivity contribution in [2.24, 2.45) is 5.92 Å². The van der Waals surface area contributed by atoms with Crippen LogP contribution >= 0.6 is 0 Å². The summed E-state index contributed by atoms with van der Waals surface area (Å²) in [6.45, 7) is 1.52. The lowest BCUT2D eigenvalue weighted by molar-refractivity contribution is -0.144. The van der Waals surface area contributed by atoms with Crippen LogP contribution in [0, 0.1) is 5.92 Å². The first-order valence-electron chi connectivity index (χ1n) is 5.60. The Morgan fingerprint density at radius 2 is 2.00 bits per heavy atom. The molecule has 1 saturated carbocycles. The van der Waals surface area contributed by atoms with Crippen LogP contribution < -0.4 is 10.6 Å². The van der Waals surface area contributed by atoms with E-state index in [9.17, 15) is 14.7 Å². The summed E-state index contributed by atoms with van der Waals surface area (Å²) < 4.78 is 0. The molecule has 1 aromatic rings. The number of anilines is 1. The number of carboxylic acid groups (broad SMARTS) is 1. The molecule has 18 heavy (non-hydrogen) atoms. The predicted octanol–water partition coefficient (Wildman–Crippen LogP) is 0.851. The summed E-state index contributed by atoms with van der Waals surface area (Å²) in [6.07, 6.45) is 5.84. The van der Waals surface area contributed by atoms with Crippen LogP contribution in [0.2, 0.25) is 0 Å². The summed E-state index contributed by atoms with van der Waals surface area (Å²) in [7, 11) is 0. The topological polar surface area (TPSA) is 104 Å². The smallest absolute Gasteiger partial charge is 0.329 e. The molecule has 2 amide bonds. The number of rotatable bonds is 4. The molecule has 1 atom stereocenters. The fourth-order valence-electron chi connectivity index (χ4n) is 1.75. The molecule has 0 aliphatic heterocycles. The molecule has 7 heteroatoms. The Morgan fingerprint density at radius 1 is 1.39 bits per heavy atom. The first-order chi connectivity index (χ1) is 8.52. The van der Waals surface area contributed by atoms with Gasteiger partial charge in [0.05, 0.1) is 18.1 Å². The summed E-state index contributed by atoms with van der Waals surface area (Å²) >= 11 is 0. The number of aliphatic carboxylic acids is 1. The van der Waals surface area contributed by atoms with Gasteiger partial charge in [0, 0.05) is 0 Å². The Labute approximate surface area is 104 Å². The molecule has 0 saturated heterocycles. The maximum absolute atomic E-state index is 11.7. The van der Waals surface area contributed by atoms with Gasteiger partial charge in [-0.05, 0) is 25.7 Å². The molecule has 2 rings (SSSR count). The summed E-state index contributed by atoms with van der Waals surface area (Å²) in [6, 6.07) is -0.568. The second kappa shape index (κ2) is 4.59. The van der Waals surface area contributed by atoms with Gasteiger partial charge in [0.15, 0.2) is 0 Å². The second-order valence-corrected chi connectivity index (χ2v) is 4.49. The van der Waals surface area contributed by atoms with E-state index in [2.05, 4.69) is 20.6 Å². The molecule has 1 heterocycles. The highest BCUT2D eigenvalue weighted by Gasteiger charge is 2.48. The van der Waals surface area contributed by atoms with E-state index in [4.69, 9.17) is 0 Å². The van der Waals surface area contributed by atoms with Crippen molar-refractivity contribution in [1.29, 1.82) is 0 Å². The zero-order chi connectivity index (χ0) is 13.2. The van der Waals surface area contributed by atoms with Crippen molar-refractivity contribution in [3.05, 3.63) is 18.7 Å². The van der Waals surface area contributed by atoms with E-state index >= 15 is 0 Å². The van der Waals surface area contributed by atoms with E-state index in [1.54, 1.807) is 0 Å². The molecule has 7 nitrogen and oxygen atoms in total. The number of hydrogen-bond donors (Lipinski definition) is 3. The first kappa shape index (κ1) is 12.3. The maximum Gasteiger partial charge on any atom is 0.329 e. The van der Waals surface area contributed by atoms with Gasteiger partial charge in [0.25, 0.3) is 0 Å². The molecule has 0 radical (unpaired) electrons. The van der Waals surface area contributed by atoms with Gasteiger partial charge in [-0.2, -0.15) is 0 Å². The third kappa shape index (κ3) is 2.55. The molecule has 96 valence electrons. The number of carbonyl (C=O) groups excluding carboxylic acids is 1. The standard InChI is InChI=1S/C11H14N4O3/c1-11(9(16)17,7-2-3-7)15-10(18)14-8-4-12-6-13-5-8/h4-7H,2-3H2,1H3,(H,16,17)(H2,14,15,18). The van der Waals surface area contributed by atoms with E-state index < -0.39 is 17.5 Å². The molecule has 0 spiro atoms. The summed E-state index contributed by atoms with van der Waals surface area (Å²) in [5.74, 6) is -1.03. The lowest BCUT2D eigenvalue weighted by Crippen LogP contribution is -2.55. The molecule has 1 unspecified atom stereocenters. The highest BCUT2D eigenvalue weighted by molar-refractivity contribution is 5.93. The van der Waals surface area contributed by atoms with E-state index in [0.717, 1.165) is 12.8 Å². The van der Waals surface area contributed by atoms with Crippen LogP contribution in [0.15, 0.2) is 18.7 Å². The van der Waals surface area contributed by atoms with Crippen LogP contribution in [0.5, 0.6) is 0 Å². The van der Waals surface area contributed by atoms with Crippen molar-refractivity contribution >= 4 is 17.7 Å². The number of nitrogens with zero attached hydrogens (tertiary/aromatic N) is 2. The summed E-state index contributed by atoms with van der Waals surface area (Å²) in [5.41, 5.74) is -0.807. The Balaban J connectivity index is 2.00. The zero-order valence-corrected chi connectivity index (χ0v) is 9.88. The van der Waals surface area contributed by atoms with E-state index in [-0.39, 0.29) is 5.92 Å². The van der Waals surface area contributed by atoms with Gasteiger partial charge in [-0.3, -0.25) is 0 Å². The van der Waals surface area contributed by atoms with Gasteiger partial charge in [-0.15, -0.1) is 0 Å². The fourth-order valence-corrected chi connectivity index (χ4v) is 1.75. The average Bonchev–Trinajstić information content (AvgIpc) is 3.13. The monoisotopic (exact) mass is 250 g/mol. The van der Waals surface area contributed by atoms with Crippen LogP contribution in [0.4, 0.5) is 10.5 Å². The van der Waals surface area contributed by atoms with E-state index in [1.165, 1.54) is 25.6 Å². The quantitative estimate of drug-likeness (QED) is 0.734. The number of hydrogen-bond acceptors (Lipinski definition) is 4. The lowest BCUT2D eigenvalue weighted by atomic mass is 9.96. The number of carbonyl (C=O) groups is 2. The van der Waals surface area contributed by atoms with Crippen LogP contribution in [0.1, 0.15) is 19.8 Å². The number of urea groups is 1. The minimum Gasteiger partial charge on any atom is -0.480 e.